The fourth-order valence-electron chi connectivity index (χ4n) is 1.11. The standard InChI is InChI=1S/C13H21BrOSi/c1-13(2,3)16(4,5)15-12(14)11-9-7-6-8-10-11/h6-10,12H,1-5H3. The van der Waals surface area contributed by atoms with Gasteiger partial charge in [-0.3, -0.25) is 0 Å². The molecule has 0 spiro atoms. The highest BCUT2D eigenvalue weighted by atomic mass is 79.9. The molecule has 0 amide bonds. The maximum atomic E-state index is 6.24. The molecule has 1 unspecified atom stereocenters. The first-order valence-electron chi connectivity index (χ1n) is 5.61. The summed E-state index contributed by atoms with van der Waals surface area (Å²) in [4.78, 5) is 0. The molecule has 0 saturated carbocycles. The molecule has 1 aromatic carbocycles. The summed E-state index contributed by atoms with van der Waals surface area (Å²) < 4.78 is 6.24. The molecular formula is C13H21BrOSi. The maximum absolute atomic E-state index is 6.24. The zero-order chi connectivity index (χ0) is 12.4. The summed E-state index contributed by atoms with van der Waals surface area (Å²) in [5, 5.41) is 0.253. The van der Waals surface area contributed by atoms with Crippen LogP contribution in [0.15, 0.2) is 30.3 Å². The van der Waals surface area contributed by atoms with Gasteiger partial charge in [0.15, 0.2) is 8.32 Å². The monoisotopic (exact) mass is 300 g/mol. The van der Waals surface area contributed by atoms with E-state index in [0.717, 1.165) is 0 Å². The Morgan fingerprint density at radius 3 is 2.06 bits per heavy atom. The highest BCUT2D eigenvalue weighted by Crippen LogP contribution is 2.41. The Morgan fingerprint density at radius 2 is 1.62 bits per heavy atom. The minimum Gasteiger partial charge on any atom is -0.401 e. The van der Waals surface area contributed by atoms with Crippen LogP contribution in [0.2, 0.25) is 18.1 Å². The van der Waals surface area contributed by atoms with E-state index in [1.54, 1.807) is 0 Å². The van der Waals surface area contributed by atoms with E-state index < -0.39 is 8.32 Å². The number of halogens is 1. The molecule has 0 bridgehead atoms. The second-order valence-corrected chi connectivity index (χ2v) is 11.2. The topological polar surface area (TPSA) is 9.23 Å². The number of benzene rings is 1. The van der Waals surface area contributed by atoms with Crippen molar-refractivity contribution >= 4 is 24.2 Å². The molecule has 1 rings (SSSR count). The fraction of sp³-hybridized carbons (Fsp3) is 0.538. The van der Waals surface area contributed by atoms with Crippen LogP contribution < -0.4 is 0 Å². The van der Waals surface area contributed by atoms with Gasteiger partial charge in [-0.25, -0.2) is 0 Å². The zero-order valence-electron chi connectivity index (χ0n) is 10.8. The molecule has 16 heavy (non-hydrogen) atoms. The van der Waals surface area contributed by atoms with E-state index in [4.69, 9.17) is 4.43 Å². The number of rotatable bonds is 3. The lowest BCUT2D eigenvalue weighted by Gasteiger charge is -2.37. The van der Waals surface area contributed by atoms with Crippen molar-refractivity contribution in [2.45, 2.75) is 43.9 Å². The highest BCUT2D eigenvalue weighted by molar-refractivity contribution is 9.09. The Hall–Kier alpha value is -0.123. The number of hydrogen-bond acceptors (Lipinski definition) is 1. The van der Waals surface area contributed by atoms with Crippen molar-refractivity contribution in [2.75, 3.05) is 0 Å². The van der Waals surface area contributed by atoms with Gasteiger partial charge < -0.3 is 4.43 Å². The number of hydrogen-bond donors (Lipinski definition) is 0. The van der Waals surface area contributed by atoms with Crippen molar-refractivity contribution in [3.63, 3.8) is 0 Å². The lowest BCUT2D eigenvalue weighted by molar-refractivity contribution is 0.272. The lowest BCUT2D eigenvalue weighted by atomic mass is 10.2. The summed E-state index contributed by atoms with van der Waals surface area (Å²) in [5.74, 6) is 0. The van der Waals surface area contributed by atoms with Crippen LogP contribution in [0.1, 0.15) is 31.3 Å². The van der Waals surface area contributed by atoms with E-state index in [1.807, 2.05) is 18.2 Å². The first kappa shape index (κ1) is 13.9. The van der Waals surface area contributed by atoms with Gasteiger partial charge in [0.05, 0.1) is 0 Å². The predicted molar refractivity (Wildman–Crippen MR) is 76.4 cm³/mol. The van der Waals surface area contributed by atoms with Gasteiger partial charge in [0.2, 0.25) is 0 Å². The van der Waals surface area contributed by atoms with Crippen molar-refractivity contribution in [2.24, 2.45) is 0 Å². The van der Waals surface area contributed by atoms with Crippen LogP contribution in [0, 0.1) is 0 Å². The van der Waals surface area contributed by atoms with Crippen LogP contribution in [0.5, 0.6) is 0 Å². The maximum Gasteiger partial charge on any atom is 0.194 e. The minimum absolute atomic E-state index is 0.00888. The normalized spacial score (nSPS) is 14.9. The molecule has 0 heterocycles. The predicted octanol–water partition coefficient (Wildman–Crippen LogP) is 5.10. The second kappa shape index (κ2) is 5.03. The zero-order valence-corrected chi connectivity index (χ0v) is 13.3. The van der Waals surface area contributed by atoms with E-state index in [0.29, 0.717) is 0 Å². The molecule has 0 fully saturated rings. The quantitative estimate of drug-likeness (QED) is 0.557. The van der Waals surface area contributed by atoms with Crippen molar-refractivity contribution in [3.05, 3.63) is 35.9 Å². The molecule has 0 radical (unpaired) electrons. The Bertz CT molecular complexity index is 330. The van der Waals surface area contributed by atoms with Gasteiger partial charge in [-0.1, -0.05) is 67.0 Å². The summed E-state index contributed by atoms with van der Waals surface area (Å²) in [5.41, 5.74) is 1.19. The Morgan fingerprint density at radius 1 is 1.12 bits per heavy atom. The Kier molecular flexibility index (Phi) is 4.38. The van der Waals surface area contributed by atoms with E-state index in [2.05, 4.69) is 61.9 Å². The summed E-state index contributed by atoms with van der Waals surface area (Å²) in [6.07, 6.45) is 0. The molecule has 0 aliphatic heterocycles. The van der Waals surface area contributed by atoms with Crippen LogP contribution in [-0.2, 0) is 4.43 Å². The SMILES string of the molecule is CC(C)(C)[Si](C)(C)OC(Br)c1ccccc1. The molecule has 0 aliphatic carbocycles. The third-order valence-corrected chi connectivity index (χ3v) is 8.76. The smallest absolute Gasteiger partial charge is 0.194 e. The van der Waals surface area contributed by atoms with E-state index >= 15 is 0 Å². The van der Waals surface area contributed by atoms with Gasteiger partial charge in [0.1, 0.15) is 5.01 Å². The summed E-state index contributed by atoms with van der Waals surface area (Å²) in [6, 6.07) is 10.3. The molecular weight excluding hydrogens is 280 g/mol. The lowest BCUT2D eigenvalue weighted by Crippen LogP contribution is -2.41. The van der Waals surface area contributed by atoms with Crippen molar-refractivity contribution in [1.82, 2.24) is 0 Å². The Labute approximate surface area is 108 Å². The van der Waals surface area contributed by atoms with Gasteiger partial charge in [-0.05, 0) is 23.7 Å². The average molecular weight is 301 g/mol. The average Bonchev–Trinajstić information content (AvgIpc) is 2.16. The fourth-order valence-corrected chi connectivity index (χ4v) is 3.82. The first-order chi connectivity index (χ1) is 7.24. The van der Waals surface area contributed by atoms with Crippen molar-refractivity contribution in [3.8, 4) is 0 Å². The molecule has 90 valence electrons. The third-order valence-electron chi connectivity index (χ3n) is 3.27. The van der Waals surface area contributed by atoms with Crippen molar-refractivity contribution < 1.29 is 4.43 Å². The summed E-state index contributed by atoms with van der Waals surface area (Å²) in [7, 11) is -1.70. The number of alkyl halides is 1. The largest absolute Gasteiger partial charge is 0.401 e. The third kappa shape index (κ3) is 3.44. The van der Waals surface area contributed by atoms with E-state index in [1.165, 1.54) is 5.56 Å². The van der Waals surface area contributed by atoms with Gasteiger partial charge in [-0.2, -0.15) is 0 Å². The molecule has 3 heteroatoms. The highest BCUT2D eigenvalue weighted by Gasteiger charge is 2.38. The van der Waals surface area contributed by atoms with Gasteiger partial charge in [0.25, 0.3) is 0 Å². The molecule has 0 aliphatic rings. The van der Waals surface area contributed by atoms with Gasteiger partial charge in [-0.15, -0.1) is 0 Å². The van der Waals surface area contributed by atoms with E-state index in [9.17, 15) is 0 Å². The van der Waals surface area contributed by atoms with Gasteiger partial charge >= 0.3 is 0 Å². The molecule has 0 saturated heterocycles. The minimum atomic E-state index is -1.70. The van der Waals surface area contributed by atoms with Gasteiger partial charge in [0, 0.05) is 0 Å². The van der Waals surface area contributed by atoms with Crippen LogP contribution in [-0.4, -0.2) is 8.32 Å². The molecule has 0 aromatic heterocycles. The molecule has 0 N–H and O–H groups in total. The summed E-state index contributed by atoms with van der Waals surface area (Å²) in [6.45, 7) is 11.3. The summed E-state index contributed by atoms with van der Waals surface area (Å²) >= 11 is 3.63. The van der Waals surface area contributed by atoms with E-state index in [-0.39, 0.29) is 10.1 Å². The molecule has 1 atom stereocenters. The Balaban J connectivity index is 2.76. The first-order valence-corrected chi connectivity index (χ1v) is 9.43. The van der Waals surface area contributed by atoms with Crippen LogP contribution >= 0.6 is 15.9 Å². The van der Waals surface area contributed by atoms with Crippen molar-refractivity contribution in [1.29, 1.82) is 0 Å². The van der Waals surface area contributed by atoms with Crippen LogP contribution in [0.3, 0.4) is 0 Å². The molecule has 1 nitrogen and oxygen atoms in total. The molecule has 1 aromatic rings. The van der Waals surface area contributed by atoms with Crippen LogP contribution in [0.25, 0.3) is 0 Å². The van der Waals surface area contributed by atoms with Crippen LogP contribution in [0.4, 0.5) is 0 Å². The second-order valence-electron chi connectivity index (χ2n) is 5.60.